The van der Waals surface area contributed by atoms with E-state index in [1.54, 1.807) is 24.3 Å². The van der Waals surface area contributed by atoms with E-state index in [2.05, 4.69) is 10.3 Å². The van der Waals surface area contributed by atoms with E-state index in [4.69, 9.17) is 9.47 Å². The number of ether oxygens (including phenoxy) is 2. The lowest BCUT2D eigenvalue weighted by molar-refractivity contribution is 0.102. The summed E-state index contributed by atoms with van der Waals surface area (Å²) in [4.78, 5) is 18.3. The standard InChI is InChI=1S/C25H22N2O3S/c1-3-29-20-13-9-18(10-14-20)23-17(2)31-25(26-23)27-24(28)19-11-15-22(16-12-19)30-21-7-5-4-6-8-21/h4-16H,3H2,1-2H3,(H,26,27,28). The number of para-hydroxylation sites is 1. The average Bonchev–Trinajstić information content (AvgIpc) is 3.15. The second kappa shape index (κ2) is 9.45. The number of hydrogen-bond acceptors (Lipinski definition) is 5. The molecule has 0 atom stereocenters. The third-order valence-corrected chi connectivity index (χ3v) is 5.44. The van der Waals surface area contributed by atoms with E-state index in [-0.39, 0.29) is 5.91 Å². The van der Waals surface area contributed by atoms with Gasteiger partial charge in [0.2, 0.25) is 0 Å². The number of carbonyl (C=O) groups is 1. The van der Waals surface area contributed by atoms with Crippen molar-refractivity contribution in [2.24, 2.45) is 0 Å². The van der Waals surface area contributed by atoms with Gasteiger partial charge in [-0.2, -0.15) is 0 Å². The molecule has 4 aromatic rings. The smallest absolute Gasteiger partial charge is 0.257 e. The molecule has 3 aromatic carbocycles. The Morgan fingerprint density at radius 1 is 0.903 bits per heavy atom. The van der Waals surface area contributed by atoms with Crippen molar-refractivity contribution in [3.05, 3.63) is 89.3 Å². The first kappa shape index (κ1) is 20.6. The maximum absolute atomic E-state index is 12.7. The molecule has 4 rings (SSSR count). The molecule has 5 nitrogen and oxygen atoms in total. The zero-order valence-electron chi connectivity index (χ0n) is 17.3. The second-order valence-corrected chi connectivity index (χ2v) is 7.98. The molecule has 1 heterocycles. The Hall–Kier alpha value is -3.64. The second-order valence-electron chi connectivity index (χ2n) is 6.77. The van der Waals surface area contributed by atoms with Crippen molar-refractivity contribution in [3.63, 3.8) is 0 Å². The van der Waals surface area contributed by atoms with Gasteiger partial charge in [-0.25, -0.2) is 4.98 Å². The van der Waals surface area contributed by atoms with Gasteiger partial charge in [0, 0.05) is 16.0 Å². The first-order valence-corrected chi connectivity index (χ1v) is 10.8. The number of hydrogen-bond donors (Lipinski definition) is 1. The summed E-state index contributed by atoms with van der Waals surface area (Å²) in [5.74, 6) is 2.04. The van der Waals surface area contributed by atoms with Gasteiger partial charge in [0.05, 0.1) is 12.3 Å². The van der Waals surface area contributed by atoms with Crippen LogP contribution in [0.25, 0.3) is 11.3 Å². The van der Waals surface area contributed by atoms with Crippen LogP contribution in [0, 0.1) is 6.92 Å². The van der Waals surface area contributed by atoms with Gasteiger partial charge in [-0.15, -0.1) is 11.3 Å². The van der Waals surface area contributed by atoms with Crippen molar-refractivity contribution in [3.8, 4) is 28.5 Å². The van der Waals surface area contributed by atoms with Crippen LogP contribution in [0.5, 0.6) is 17.2 Å². The molecule has 0 aliphatic heterocycles. The SMILES string of the molecule is CCOc1ccc(-c2nc(NC(=O)c3ccc(Oc4ccccc4)cc3)sc2C)cc1. The number of nitrogens with zero attached hydrogens (tertiary/aromatic N) is 1. The Morgan fingerprint density at radius 3 is 2.23 bits per heavy atom. The summed E-state index contributed by atoms with van der Waals surface area (Å²) in [6.45, 7) is 4.58. The van der Waals surface area contributed by atoms with Crippen molar-refractivity contribution in [2.45, 2.75) is 13.8 Å². The molecule has 1 N–H and O–H groups in total. The van der Waals surface area contributed by atoms with Gasteiger partial charge < -0.3 is 9.47 Å². The topological polar surface area (TPSA) is 60.5 Å². The number of aromatic nitrogens is 1. The van der Waals surface area contributed by atoms with Crippen LogP contribution in [0.3, 0.4) is 0 Å². The Balaban J connectivity index is 1.43. The van der Waals surface area contributed by atoms with Gasteiger partial charge in [0.15, 0.2) is 5.13 Å². The van der Waals surface area contributed by atoms with Crippen LogP contribution in [-0.4, -0.2) is 17.5 Å². The fourth-order valence-electron chi connectivity index (χ4n) is 3.06. The number of benzene rings is 3. The van der Waals surface area contributed by atoms with Crippen LogP contribution < -0.4 is 14.8 Å². The highest BCUT2D eigenvalue weighted by Gasteiger charge is 2.13. The molecular weight excluding hydrogens is 408 g/mol. The predicted octanol–water partition coefficient (Wildman–Crippen LogP) is 6.56. The zero-order chi connectivity index (χ0) is 21.6. The van der Waals surface area contributed by atoms with Crippen molar-refractivity contribution in [2.75, 3.05) is 11.9 Å². The first-order valence-electron chi connectivity index (χ1n) is 9.97. The molecule has 0 fully saturated rings. The maximum Gasteiger partial charge on any atom is 0.257 e. The summed E-state index contributed by atoms with van der Waals surface area (Å²) in [5.41, 5.74) is 2.38. The first-order chi connectivity index (χ1) is 15.1. The van der Waals surface area contributed by atoms with Gasteiger partial charge in [0.1, 0.15) is 17.2 Å². The van der Waals surface area contributed by atoms with E-state index >= 15 is 0 Å². The number of nitrogens with one attached hydrogen (secondary N) is 1. The molecule has 1 aromatic heterocycles. The molecule has 1 amide bonds. The molecule has 0 bridgehead atoms. The van der Waals surface area contributed by atoms with Crippen molar-refractivity contribution in [1.82, 2.24) is 4.98 Å². The van der Waals surface area contributed by atoms with Crippen molar-refractivity contribution in [1.29, 1.82) is 0 Å². The van der Waals surface area contributed by atoms with E-state index in [1.165, 1.54) is 11.3 Å². The van der Waals surface area contributed by atoms with E-state index < -0.39 is 0 Å². The molecule has 31 heavy (non-hydrogen) atoms. The number of thiazole rings is 1. The monoisotopic (exact) mass is 430 g/mol. The highest BCUT2D eigenvalue weighted by molar-refractivity contribution is 7.16. The predicted molar refractivity (Wildman–Crippen MR) is 124 cm³/mol. The normalized spacial score (nSPS) is 10.5. The average molecular weight is 431 g/mol. The molecule has 6 heteroatoms. The van der Waals surface area contributed by atoms with Crippen LogP contribution in [0.2, 0.25) is 0 Å². The number of carbonyl (C=O) groups excluding carboxylic acids is 1. The van der Waals surface area contributed by atoms with E-state index in [9.17, 15) is 4.79 Å². The Bertz CT molecular complexity index is 1150. The Morgan fingerprint density at radius 2 is 1.55 bits per heavy atom. The molecule has 156 valence electrons. The lowest BCUT2D eigenvalue weighted by atomic mass is 10.1. The highest BCUT2D eigenvalue weighted by Crippen LogP contribution is 2.31. The minimum Gasteiger partial charge on any atom is -0.494 e. The Labute approximate surface area is 185 Å². The fourth-order valence-corrected chi connectivity index (χ4v) is 3.89. The lowest BCUT2D eigenvalue weighted by Crippen LogP contribution is -2.11. The largest absolute Gasteiger partial charge is 0.494 e. The minimum absolute atomic E-state index is 0.210. The molecule has 0 unspecified atom stereocenters. The van der Waals surface area contributed by atoms with Gasteiger partial charge in [-0.05, 0) is 74.5 Å². The minimum atomic E-state index is -0.210. The van der Waals surface area contributed by atoms with Crippen molar-refractivity contribution >= 4 is 22.4 Å². The quantitative estimate of drug-likeness (QED) is 0.361. The zero-order valence-corrected chi connectivity index (χ0v) is 18.1. The van der Waals surface area contributed by atoms with Crippen LogP contribution >= 0.6 is 11.3 Å². The highest BCUT2D eigenvalue weighted by atomic mass is 32.1. The third-order valence-electron chi connectivity index (χ3n) is 4.55. The van der Waals surface area contributed by atoms with Gasteiger partial charge in [-0.1, -0.05) is 18.2 Å². The molecule has 0 spiro atoms. The van der Waals surface area contributed by atoms with E-state index in [0.29, 0.717) is 23.1 Å². The molecular formula is C25H22N2O3S. The van der Waals surface area contributed by atoms with E-state index in [1.807, 2.05) is 68.4 Å². The van der Waals surface area contributed by atoms with Crippen LogP contribution in [0.1, 0.15) is 22.2 Å². The summed E-state index contributed by atoms with van der Waals surface area (Å²) in [7, 11) is 0. The molecule has 0 aliphatic rings. The lowest BCUT2D eigenvalue weighted by Gasteiger charge is -2.06. The molecule has 0 saturated carbocycles. The summed E-state index contributed by atoms with van der Waals surface area (Å²) in [5, 5.41) is 3.46. The molecule has 0 aliphatic carbocycles. The summed E-state index contributed by atoms with van der Waals surface area (Å²) in [6.07, 6.45) is 0. The van der Waals surface area contributed by atoms with Gasteiger partial charge in [-0.3, -0.25) is 10.1 Å². The van der Waals surface area contributed by atoms with Crippen molar-refractivity contribution < 1.29 is 14.3 Å². The summed E-state index contributed by atoms with van der Waals surface area (Å²) in [6, 6.07) is 24.4. The van der Waals surface area contributed by atoms with Crippen LogP contribution in [-0.2, 0) is 0 Å². The van der Waals surface area contributed by atoms with Crippen LogP contribution in [0.15, 0.2) is 78.9 Å². The molecule has 0 saturated heterocycles. The summed E-state index contributed by atoms with van der Waals surface area (Å²) < 4.78 is 11.3. The number of rotatable bonds is 7. The van der Waals surface area contributed by atoms with Gasteiger partial charge in [0.25, 0.3) is 5.91 Å². The van der Waals surface area contributed by atoms with E-state index in [0.717, 1.165) is 27.6 Å². The van der Waals surface area contributed by atoms with Gasteiger partial charge >= 0.3 is 0 Å². The maximum atomic E-state index is 12.7. The summed E-state index contributed by atoms with van der Waals surface area (Å²) >= 11 is 1.45. The number of anilines is 1. The molecule has 0 radical (unpaired) electrons. The third kappa shape index (κ3) is 5.10. The van der Waals surface area contributed by atoms with Crippen LogP contribution in [0.4, 0.5) is 5.13 Å². The number of amides is 1. The number of aryl methyl sites for hydroxylation is 1. The Kier molecular flexibility index (Phi) is 6.29. The fraction of sp³-hybridized carbons (Fsp3) is 0.120.